The number of anilines is 1. The molecule has 0 unspecified atom stereocenters. The van der Waals surface area contributed by atoms with Gasteiger partial charge in [0.1, 0.15) is 11.5 Å². The molecular formula is C22H23ClFN5OS. The van der Waals surface area contributed by atoms with Crippen LogP contribution < -0.4 is 4.90 Å². The molecule has 0 aliphatic heterocycles. The zero-order valence-electron chi connectivity index (χ0n) is 17.3. The van der Waals surface area contributed by atoms with Gasteiger partial charge in [-0.15, -0.1) is 12.4 Å². The van der Waals surface area contributed by atoms with Gasteiger partial charge in [0.15, 0.2) is 5.13 Å². The van der Waals surface area contributed by atoms with Crippen molar-refractivity contribution in [3.05, 3.63) is 60.2 Å². The lowest BCUT2D eigenvalue weighted by atomic mass is 10.3. The monoisotopic (exact) mass is 459 g/mol. The summed E-state index contributed by atoms with van der Waals surface area (Å²) in [7, 11) is 0. The molecular weight excluding hydrogens is 437 g/mol. The minimum Gasteiger partial charge on any atom is -0.302 e. The highest BCUT2D eigenvalue weighted by Gasteiger charge is 2.23. The van der Waals surface area contributed by atoms with E-state index in [0.717, 1.165) is 18.6 Å². The lowest BCUT2D eigenvalue weighted by Gasteiger charge is -2.24. The van der Waals surface area contributed by atoms with Crippen LogP contribution in [0.5, 0.6) is 0 Å². The van der Waals surface area contributed by atoms with Crippen molar-refractivity contribution in [2.45, 2.75) is 13.8 Å². The molecule has 0 saturated carbocycles. The van der Waals surface area contributed by atoms with Gasteiger partial charge in [0.25, 0.3) is 5.91 Å². The van der Waals surface area contributed by atoms with E-state index >= 15 is 0 Å². The largest absolute Gasteiger partial charge is 0.302 e. The van der Waals surface area contributed by atoms with Gasteiger partial charge in [-0.05, 0) is 43.4 Å². The molecule has 0 atom stereocenters. The number of para-hydroxylation sites is 2. The number of carbonyl (C=O) groups excluding carboxylic acids is 1. The normalized spacial score (nSPS) is 11.1. The van der Waals surface area contributed by atoms with Crippen LogP contribution >= 0.6 is 23.7 Å². The summed E-state index contributed by atoms with van der Waals surface area (Å²) in [5.74, 6) is -0.584. The summed E-state index contributed by atoms with van der Waals surface area (Å²) in [6.45, 7) is 7.11. The van der Waals surface area contributed by atoms with Gasteiger partial charge in [0.2, 0.25) is 0 Å². The van der Waals surface area contributed by atoms with E-state index in [1.54, 1.807) is 11.0 Å². The molecule has 162 valence electrons. The maximum absolute atomic E-state index is 13.6. The van der Waals surface area contributed by atoms with E-state index in [4.69, 9.17) is 0 Å². The average Bonchev–Trinajstić information content (AvgIpc) is 3.18. The number of carbonyl (C=O) groups is 1. The number of fused-ring (bicyclic) bond motifs is 2. The number of thiazole rings is 1. The molecule has 6 nitrogen and oxygen atoms in total. The second-order valence-electron chi connectivity index (χ2n) is 6.84. The van der Waals surface area contributed by atoms with E-state index in [0.29, 0.717) is 34.0 Å². The minimum atomic E-state index is -0.320. The van der Waals surface area contributed by atoms with Gasteiger partial charge in [0.05, 0.1) is 27.4 Å². The highest BCUT2D eigenvalue weighted by atomic mass is 35.5. The van der Waals surface area contributed by atoms with Gasteiger partial charge in [-0.25, -0.2) is 14.4 Å². The zero-order valence-corrected chi connectivity index (χ0v) is 18.9. The zero-order chi connectivity index (χ0) is 21.1. The van der Waals surface area contributed by atoms with E-state index in [1.807, 2.05) is 24.3 Å². The van der Waals surface area contributed by atoms with Crippen molar-refractivity contribution in [2.24, 2.45) is 0 Å². The predicted molar refractivity (Wildman–Crippen MR) is 126 cm³/mol. The van der Waals surface area contributed by atoms with Crippen LogP contribution in [0, 0.1) is 5.82 Å². The van der Waals surface area contributed by atoms with Crippen LogP contribution in [-0.4, -0.2) is 51.9 Å². The fraction of sp³-hybridized carbons (Fsp3) is 0.273. The Morgan fingerprint density at radius 2 is 1.74 bits per heavy atom. The molecule has 1 amide bonds. The predicted octanol–water partition coefficient (Wildman–Crippen LogP) is 4.79. The lowest BCUT2D eigenvalue weighted by molar-refractivity contribution is 0.0979. The first-order valence-electron chi connectivity index (χ1n) is 9.91. The van der Waals surface area contributed by atoms with Crippen molar-refractivity contribution in [1.82, 2.24) is 19.9 Å². The van der Waals surface area contributed by atoms with Crippen LogP contribution in [-0.2, 0) is 0 Å². The highest BCUT2D eigenvalue weighted by Crippen LogP contribution is 2.30. The Kier molecular flexibility index (Phi) is 7.48. The fourth-order valence-electron chi connectivity index (χ4n) is 3.27. The van der Waals surface area contributed by atoms with Gasteiger partial charge in [0, 0.05) is 13.1 Å². The summed E-state index contributed by atoms with van der Waals surface area (Å²) in [6, 6.07) is 11.9. The number of rotatable bonds is 7. The van der Waals surface area contributed by atoms with Crippen molar-refractivity contribution in [3.63, 3.8) is 0 Å². The van der Waals surface area contributed by atoms with Crippen molar-refractivity contribution >= 4 is 56.0 Å². The SMILES string of the molecule is CCN(CC)CCN(C(=O)c1cnc2ccccc2n1)c1nc2ccc(F)cc2s1.Cl. The Morgan fingerprint density at radius 3 is 2.48 bits per heavy atom. The fourth-order valence-corrected chi connectivity index (χ4v) is 4.28. The maximum atomic E-state index is 13.6. The van der Waals surface area contributed by atoms with Crippen molar-refractivity contribution in [1.29, 1.82) is 0 Å². The van der Waals surface area contributed by atoms with Gasteiger partial charge < -0.3 is 4.90 Å². The maximum Gasteiger partial charge on any atom is 0.280 e. The van der Waals surface area contributed by atoms with Gasteiger partial charge in [-0.1, -0.05) is 37.3 Å². The van der Waals surface area contributed by atoms with Crippen molar-refractivity contribution in [3.8, 4) is 0 Å². The molecule has 0 bridgehead atoms. The molecule has 0 spiro atoms. The van der Waals surface area contributed by atoms with Crippen molar-refractivity contribution < 1.29 is 9.18 Å². The molecule has 9 heteroatoms. The van der Waals surface area contributed by atoms with Crippen LogP contribution in [0.3, 0.4) is 0 Å². The number of likely N-dealkylation sites (N-methyl/N-ethyl adjacent to an activating group) is 1. The number of aromatic nitrogens is 3. The minimum absolute atomic E-state index is 0. The quantitative estimate of drug-likeness (QED) is 0.397. The van der Waals surface area contributed by atoms with Crippen LogP contribution in [0.1, 0.15) is 24.3 Å². The van der Waals surface area contributed by atoms with Crippen LogP contribution in [0.25, 0.3) is 21.3 Å². The Balaban J connectivity index is 0.00000272. The third-order valence-electron chi connectivity index (χ3n) is 5.02. The van der Waals surface area contributed by atoms with E-state index in [2.05, 4.69) is 33.7 Å². The first-order valence-corrected chi connectivity index (χ1v) is 10.7. The summed E-state index contributed by atoms with van der Waals surface area (Å²) in [6.07, 6.45) is 1.50. The highest BCUT2D eigenvalue weighted by molar-refractivity contribution is 7.22. The Hall–Kier alpha value is -2.68. The topological polar surface area (TPSA) is 62.2 Å². The first-order chi connectivity index (χ1) is 14.6. The Morgan fingerprint density at radius 1 is 1.00 bits per heavy atom. The second kappa shape index (κ2) is 10.1. The molecule has 0 N–H and O–H groups in total. The smallest absolute Gasteiger partial charge is 0.280 e. The third-order valence-corrected chi connectivity index (χ3v) is 6.06. The summed E-state index contributed by atoms with van der Waals surface area (Å²) < 4.78 is 14.3. The first kappa shape index (κ1) is 23.0. The number of benzene rings is 2. The number of hydrogen-bond acceptors (Lipinski definition) is 6. The third kappa shape index (κ3) is 4.98. The van der Waals surface area contributed by atoms with Crippen LogP contribution in [0.15, 0.2) is 48.7 Å². The molecule has 4 rings (SSSR count). The van der Waals surface area contributed by atoms with Crippen LogP contribution in [0.4, 0.5) is 9.52 Å². The summed E-state index contributed by atoms with van der Waals surface area (Å²) in [4.78, 5) is 30.7. The molecule has 31 heavy (non-hydrogen) atoms. The number of halogens is 2. The van der Waals surface area contributed by atoms with Gasteiger partial charge in [-0.3, -0.25) is 14.7 Å². The standard InChI is InChI=1S/C22H22FN5OS.ClH/c1-3-27(4-2)11-12-28(22-26-18-10-9-15(23)13-20(18)30-22)21(29)19-14-24-16-7-5-6-8-17(16)25-19;/h5-10,13-14H,3-4,11-12H2,1-2H3;1H. The average molecular weight is 460 g/mol. The molecule has 2 heterocycles. The van der Waals surface area contributed by atoms with Crippen LogP contribution in [0.2, 0.25) is 0 Å². The summed E-state index contributed by atoms with van der Waals surface area (Å²) in [5.41, 5.74) is 2.33. The van der Waals surface area contributed by atoms with E-state index in [-0.39, 0.29) is 29.8 Å². The van der Waals surface area contributed by atoms with E-state index < -0.39 is 0 Å². The molecule has 0 fully saturated rings. The lowest BCUT2D eigenvalue weighted by Crippen LogP contribution is -2.39. The molecule has 4 aromatic rings. The second-order valence-corrected chi connectivity index (χ2v) is 7.85. The van der Waals surface area contributed by atoms with Gasteiger partial charge >= 0.3 is 0 Å². The Labute approximate surface area is 190 Å². The number of hydrogen-bond donors (Lipinski definition) is 0. The van der Waals surface area contributed by atoms with Gasteiger partial charge in [-0.2, -0.15) is 0 Å². The molecule has 0 aliphatic carbocycles. The molecule has 0 aliphatic rings. The van der Waals surface area contributed by atoms with Crippen molar-refractivity contribution in [2.75, 3.05) is 31.1 Å². The molecule has 2 aromatic carbocycles. The summed E-state index contributed by atoms with van der Waals surface area (Å²) >= 11 is 1.30. The molecule has 0 radical (unpaired) electrons. The molecule has 2 aromatic heterocycles. The molecule has 0 saturated heterocycles. The number of nitrogens with zero attached hydrogens (tertiary/aromatic N) is 5. The Bertz CT molecular complexity index is 1200. The van der Waals surface area contributed by atoms with E-state index in [9.17, 15) is 9.18 Å². The van der Waals surface area contributed by atoms with E-state index in [1.165, 1.54) is 29.7 Å². The summed E-state index contributed by atoms with van der Waals surface area (Å²) in [5, 5.41) is 0.530. The number of amides is 1.